The van der Waals surface area contributed by atoms with Crippen molar-refractivity contribution in [1.82, 2.24) is 14.5 Å². The summed E-state index contributed by atoms with van der Waals surface area (Å²) in [5, 5.41) is 10.9. The van der Waals surface area contributed by atoms with E-state index in [1.54, 1.807) is 0 Å². The predicted molar refractivity (Wildman–Crippen MR) is 182 cm³/mol. The molecule has 0 radical (unpaired) electrons. The molecule has 204 valence electrons. The first kappa shape index (κ1) is 23.6. The second kappa shape index (κ2) is 8.76. The molecule has 10 rings (SSSR count). The first-order valence-corrected chi connectivity index (χ1v) is 14.8. The van der Waals surface area contributed by atoms with Crippen molar-refractivity contribution in [3.63, 3.8) is 0 Å². The molecule has 0 aliphatic heterocycles. The van der Waals surface area contributed by atoms with Gasteiger partial charge in [0, 0.05) is 22.0 Å². The first-order chi connectivity index (χ1) is 21.8. The predicted octanol–water partition coefficient (Wildman–Crippen LogP) is 10.6. The van der Waals surface area contributed by atoms with Crippen molar-refractivity contribution in [2.45, 2.75) is 0 Å². The monoisotopic (exact) mass is 561 g/mol. The van der Waals surface area contributed by atoms with Crippen LogP contribution in [-0.4, -0.2) is 14.5 Å². The summed E-state index contributed by atoms with van der Waals surface area (Å²) < 4.78 is 8.58. The molecule has 0 saturated heterocycles. The van der Waals surface area contributed by atoms with E-state index in [4.69, 9.17) is 14.4 Å². The number of hydrogen-bond acceptors (Lipinski definition) is 3. The lowest BCUT2D eigenvalue weighted by Crippen LogP contribution is -1.94. The molecule has 4 heteroatoms. The Bertz CT molecular complexity index is 2680. The van der Waals surface area contributed by atoms with Gasteiger partial charge in [0.05, 0.1) is 28.3 Å². The maximum Gasteiger partial charge on any atom is 0.246 e. The van der Waals surface area contributed by atoms with Crippen LogP contribution in [0.3, 0.4) is 0 Å². The van der Waals surface area contributed by atoms with E-state index in [0.29, 0.717) is 5.71 Å². The van der Waals surface area contributed by atoms with E-state index < -0.39 is 0 Å². The first-order valence-electron chi connectivity index (χ1n) is 14.8. The molecule has 0 aliphatic carbocycles. The summed E-state index contributed by atoms with van der Waals surface area (Å²) in [4.78, 5) is 9.76. The molecular weight excluding hydrogens is 538 g/mol. The highest BCUT2D eigenvalue weighted by Crippen LogP contribution is 2.41. The Morgan fingerprint density at radius 3 is 1.66 bits per heavy atom. The van der Waals surface area contributed by atoms with E-state index in [2.05, 4.69) is 120 Å². The minimum Gasteiger partial charge on any atom is -0.436 e. The van der Waals surface area contributed by atoms with Crippen LogP contribution in [0.5, 0.6) is 0 Å². The van der Waals surface area contributed by atoms with E-state index in [9.17, 15) is 0 Å². The summed E-state index contributed by atoms with van der Waals surface area (Å²) in [5.74, 6) is 0. The molecule has 0 bridgehead atoms. The molecule has 0 unspecified atom stereocenters. The number of furan rings is 1. The smallest absolute Gasteiger partial charge is 0.246 e. The van der Waals surface area contributed by atoms with E-state index in [0.717, 1.165) is 44.2 Å². The lowest BCUT2D eigenvalue weighted by atomic mass is 10.00. The summed E-state index contributed by atoms with van der Waals surface area (Å²) in [5.41, 5.74) is 7.41. The Hall–Kier alpha value is -6.00. The lowest BCUT2D eigenvalue weighted by Gasteiger charge is -2.10. The molecule has 0 spiro atoms. The van der Waals surface area contributed by atoms with Crippen LogP contribution in [0.4, 0.5) is 0 Å². The van der Waals surface area contributed by atoms with Gasteiger partial charge in [0.15, 0.2) is 0 Å². The van der Waals surface area contributed by atoms with Gasteiger partial charge < -0.3 is 8.98 Å². The van der Waals surface area contributed by atoms with Crippen LogP contribution < -0.4 is 0 Å². The van der Waals surface area contributed by atoms with E-state index in [1.807, 2.05) is 24.4 Å². The molecule has 7 aromatic carbocycles. The van der Waals surface area contributed by atoms with E-state index >= 15 is 0 Å². The third kappa shape index (κ3) is 3.22. The number of hydrogen-bond donors (Lipinski definition) is 0. The minimum absolute atomic E-state index is 0.555. The van der Waals surface area contributed by atoms with Gasteiger partial charge in [-0.1, -0.05) is 103 Å². The topological polar surface area (TPSA) is 43.9 Å². The zero-order valence-corrected chi connectivity index (χ0v) is 23.5. The van der Waals surface area contributed by atoms with Crippen LogP contribution in [-0.2, 0) is 0 Å². The standard InChI is InChI=1S/C40H23N3O/c1-4-10-29-24(7-1)15-20-33-36(29)37-30-11-5-2-8-25(30)16-21-34(37)43(33)28-18-13-27(14-19-28)32-23-41-39-38-31-12-6-3-9-26(31)17-22-35(38)44-40(39)42-32/h1-23H. The molecule has 4 nitrogen and oxygen atoms in total. The van der Waals surface area contributed by atoms with Crippen LogP contribution in [0.15, 0.2) is 144 Å². The molecule has 0 aliphatic rings. The average Bonchev–Trinajstić information content (AvgIpc) is 3.64. The number of nitrogens with zero attached hydrogens (tertiary/aromatic N) is 3. The molecule has 44 heavy (non-hydrogen) atoms. The normalized spacial score (nSPS) is 12.1. The average molecular weight is 562 g/mol. The largest absolute Gasteiger partial charge is 0.436 e. The maximum absolute atomic E-state index is 6.19. The summed E-state index contributed by atoms with van der Waals surface area (Å²) in [6.45, 7) is 0. The summed E-state index contributed by atoms with van der Waals surface area (Å²) >= 11 is 0. The molecule has 10 aromatic rings. The van der Waals surface area contributed by atoms with Gasteiger partial charge in [-0.2, -0.15) is 0 Å². The van der Waals surface area contributed by atoms with Crippen molar-refractivity contribution < 1.29 is 4.42 Å². The Balaban J connectivity index is 1.16. The molecule has 0 saturated carbocycles. The maximum atomic E-state index is 6.19. The number of fused-ring (bicyclic) bond motifs is 12. The second-order valence-corrected chi connectivity index (χ2v) is 11.4. The van der Waals surface area contributed by atoms with Crippen molar-refractivity contribution in [1.29, 1.82) is 0 Å². The number of benzene rings is 7. The Kier molecular flexibility index (Phi) is 4.69. The van der Waals surface area contributed by atoms with E-state index in [-0.39, 0.29) is 0 Å². The molecular formula is C40H23N3O. The van der Waals surface area contributed by atoms with Crippen molar-refractivity contribution in [2.24, 2.45) is 0 Å². The molecule has 0 fully saturated rings. The van der Waals surface area contributed by atoms with Gasteiger partial charge in [-0.25, -0.2) is 9.97 Å². The zero-order valence-electron chi connectivity index (χ0n) is 23.5. The van der Waals surface area contributed by atoms with Gasteiger partial charge in [0.2, 0.25) is 5.71 Å². The van der Waals surface area contributed by atoms with Crippen molar-refractivity contribution >= 4 is 76.3 Å². The SMILES string of the molecule is c1ccc2c(c1)ccc1oc3nc(-c4ccc(-n5c6ccc7ccccc7c6c6c7ccccc7ccc65)cc4)cnc3c12. The van der Waals surface area contributed by atoms with Crippen LogP contribution >= 0.6 is 0 Å². The molecule has 0 atom stereocenters. The molecule has 3 aromatic heterocycles. The van der Waals surface area contributed by atoms with Crippen molar-refractivity contribution in [3.8, 4) is 16.9 Å². The lowest BCUT2D eigenvalue weighted by molar-refractivity contribution is 0.654. The van der Waals surface area contributed by atoms with Gasteiger partial charge >= 0.3 is 0 Å². The number of rotatable bonds is 2. The zero-order chi connectivity index (χ0) is 28.8. The Morgan fingerprint density at radius 1 is 0.500 bits per heavy atom. The Labute approximate surface area is 251 Å². The van der Waals surface area contributed by atoms with Crippen LogP contribution in [0.25, 0.3) is 93.3 Å². The highest BCUT2D eigenvalue weighted by Gasteiger charge is 2.18. The van der Waals surface area contributed by atoms with Crippen LogP contribution in [0, 0.1) is 0 Å². The van der Waals surface area contributed by atoms with Gasteiger partial charge in [0.1, 0.15) is 11.1 Å². The summed E-state index contributed by atoms with van der Waals surface area (Å²) in [6, 6.07) is 47.3. The highest BCUT2D eigenvalue weighted by molar-refractivity contribution is 6.28. The van der Waals surface area contributed by atoms with Crippen LogP contribution in [0.2, 0.25) is 0 Å². The van der Waals surface area contributed by atoms with Gasteiger partial charge in [0.25, 0.3) is 0 Å². The quantitative estimate of drug-likeness (QED) is 0.211. The van der Waals surface area contributed by atoms with E-state index in [1.165, 1.54) is 43.4 Å². The fourth-order valence-electron chi connectivity index (χ4n) is 7.05. The minimum atomic E-state index is 0.555. The van der Waals surface area contributed by atoms with Gasteiger partial charge in [-0.3, -0.25) is 0 Å². The van der Waals surface area contributed by atoms with Crippen LogP contribution in [0.1, 0.15) is 0 Å². The Morgan fingerprint density at radius 2 is 1.05 bits per heavy atom. The fraction of sp³-hybridized carbons (Fsp3) is 0. The second-order valence-electron chi connectivity index (χ2n) is 11.4. The highest BCUT2D eigenvalue weighted by atomic mass is 16.3. The fourth-order valence-corrected chi connectivity index (χ4v) is 7.05. The third-order valence-corrected chi connectivity index (χ3v) is 9.04. The molecule has 0 N–H and O–H groups in total. The summed E-state index contributed by atoms with van der Waals surface area (Å²) in [7, 11) is 0. The summed E-state index contributed by atoms with van der Waals surface area (Å²) in [6.07, 6.45) is 1.85. The van der Waals surface area contributed by atoms with Crippen molar-refractivity contribution in [2.75, 3.05) is 0 Å². The number of aromatic nitrogens is 3. The van der Waals surface area contributed by atoms with Gasteiger partial charge in [-0.15, -0.1) is 0 Å². The molecule has 3 heterocycles. The molecule has 0 amide bonds. The van der Waals surface area contributed by atoms with Crippen molar-refractivity contribution in [3.05, 3.63) is 140 Å². The van der Waals surface area contributed by atoms with Gasteiger partial charge in [-0.05, 0) is 62.6 Å². The third-order valence-electron chi connectivity index (χ3n) is 9.04.